The van der Waals surface area contributed by atoms with Crippen LogP contribution in [0.2, 0.25) is 0 Å². The highest BCUT2D eigenvalue weighted by Gasteiger charge is 2.23. The van der Waals surface area contributed by atoms with Crippen LogP contribution in [-0.2, 0) is 6.42 Å². The van der Waals surface area contributed by atoms with E-state index in [4.69, 9.17) is 0 Å². The van der Waals surface area contributed by atoms with Gasteiger partial charge >= 0.3 is 0 Å². The van der Waals surface area contributed by atoms with Gasteiger partial charge in [0.15, 0.2) is 0 Å². The van der Waals surface area contributed by atoms with Crippen molar-refractivity contribution in [2.75, 3.05) is 6.54 Å². The molecule has 0 heterocycles. The highest BCUT2D eigenvalue weighted by atomic mass is 14.9. The maximum Gasteiger partial charge on any atom is 0.0348 e. The van der Waals surface area contributed by atoms with E-state index < -0.39 is 0 Å². The Morgan fingerprint density at radius 1 is 0.952 bits per heavy atom. The highest BCUT2D eigenvalue weighted by molar-refractivity contribution is 5.25. The zero-order valence-electron chi connectivity index (χ0n) is 14.0. The molecule has 1 nitrogen and oxygen atoms in total. The Hall–Kier alpha value is -0.820. The molecule has 0 bridgehead atoms. The van der Waals surface area contributed by atoms with Crippen LogP contribution in [0.15, 0.2) is 24.3 Å². The molecule has 0 spiro atoms. The van der Waals surface area contributed by atoms with Crippen LogP contribution >= 0.6 is 0 Å². The van der Waals surface area contributed by atoms with E-state index in [0.717, 1.165) is 12.5 Å². The van der Waals surface area contributed by atoms with Crippen LogP contribution < -0.4 is 5.32 Å². The molecular weight excluding hydrogens is 254 g/mol. The molecule has 21 heavy (non-hydrogen) atoms. The Morgan fingerprint density at radius 3 is 2.19 bits per heavy atom. The van der Waals surface area contributed by atoms with Crippen molar-refractivity contribution in [1.29, 1.82) is 0 Å². The lowest BCUT2D eigenvalue weighted by molar-refractivity contribution is 0.326. The van der Waals surface area contributed by atoms with Gasteiger partial charge in [-0.3, -0.25) is 0 Å². The molecule has 1 aromatic rings. The molecule has 1 aliphatic carbocycles. The molecule has 0 amide bonds. The Labute approximate surface area is 131 Å². The molecule has 1 unspecified atom stereocenters. The summed E-state index contributed by atoms with van der Waals surface area (Å²) in [6.45, 7) is 5.66. The SMILES string of the molecule is CCCNC(c1ccc(CCC)cc1)C1CCCCCC1. The van der Waals surface area contributed by atoms with E-state index in [9.17, 15) is 0 Å². The predicted octanol–water partition coefficient (Wildman–Crippen LogP) is 5.65. The molecule has 1 heteroatoms. The van der Waals surface area contributed by atoms with E-state index in [1.54, 1.807) is 0 Å². The van der Waals surface area contributed by atoms with Gasteiger partial charge in [0.05, 0.1) is 0 Å². The molecule has 1 fully saturated rings. The highest BCUT2D eigenvalue weighted by Crippen LogP contribution is 2.33. The second kappa shape index (κ2) is 9.25. The standard InChI is InChI=1S/C20H33N/c1-3-9-17-12-14-19(15-13-17)20(21-16-4-2)18-10-7-5-6-8-11-18/h12-15,18,20-21H,3-11,16H2,1-2H3. The van der Waals surface area contributed by atoms with Gasteiger partial charge < -0.3 is 5.32 Å². The normalized spacial score (nSPS) is 18.4. The van der Waals surface area contributed by atoms with E-state index in [2.05, 4.69) is 43.4 Å². The monoisotopic (exact) mass is 287 g/mol. The largest absolute Gasteiger partial charge is 0.310 e. The smallest absolute Gasteiger partial charge is 0.0348 e. The van der Waals surface area contributed by atoms with Crippen LogP contribution in [0.1, 0.15) is 82.4 Å². The average Bonchev–Trinajstić information content (AvgIpc) is 2.79. The number of benzene rings is 1. The van der Waals surface area contributed by atoms with E-state index in [1.807, 2.05) is 0 Å². The van der Waals surface area contributed by atoms with Crippen molar-refractivity contribution in [2.24, 2.45) is 5.92 Å². The molecule has 1 saturated carbocycles. The molecule has 0 radical (unpaired) electrons. The fraction of sp³-hybridized carbons (Fsp3) is 0.700. The minimum Gasteiger partial charge on any atom is -0.310 e. The first-order valence-electron chi connectivity index (χ1n) is 9.17. The van der Waals surface area contributed by atoms with Crippen molar-refractivity contribution in [1.82, 2.24) is 5.32 Å². The molecule has 1 aromatic carbocycles. The Bertz CT molecular complexity index is 373. The van der Waals surface area contributed by atoms with Crippen LogP contribution in [0.5, 0.6) is 0 Å². The third kappa shape index (κ3) is 5.14. The molecule has 0 saturated heterocycles. The lowest BCUT2D eigenvalue weighted by Crippen LogP contribution is -2.29. The lowest BCUT2D eigenvalue weighted by atomic mass is 9.86. The lowest BCUT2D eigenvalue weighted by Gasteiger charge is -2.28. The van der Waals surface area contributed by atoms with E-state index >= 15 is 0 Å². The van der Waals surface area contributed by atoms with Gasteiger partial charge in [0.2, 0.25) is 0 Å². The van der Waals surface area contributed by atoms with Crippen LogP contribution in [0.4, 0.5) is 0 Å². The minimum absolute atomic E-state index is 0.568. The Morgan fingerprint density at radius 2 is 1.62 bits per heavy atom. The summed E-state index contributed by atoms with van der Waals surface area (Å²) >= 11 is 0. The second-order valence-electron chi connectivity index (χ2n) is 6.68. The fourth-order valence-corrected chi connectivity index (χ4v) is 3.68. The summed E-state index contributed by atoms with van der Waals surface area (Å²) in [5.41, 5.74) is 2.99. The number of aryl methyl sites for hydroxylation is 1. The number of hydrogen-bond acceptors (Lipinski definition) is 1. The van der Waals surface area contributed by atoms with Gasteiger partial charge in [-0.2, -0.15) is 0 Å². The van der Waals surface area contributed by atoms with E-state index in [-0.39, 0.29) is 0 Å². The van der Waals surface area contributed by atoms with Gasteiger partial charge in [-0.1, -0.05) is 70.2 Å². The molecule has 118 valence electrons. The van der Waals surface area contributed by atoms with Crippen molar-refractivity contribution >= 4 is 0 Å². The Balaban J connectivity index is 2.09. The first-order chi connectivity index (χ1) is 10.3. The van der Waals surface area contributed by atoms with Crippen LogP contribution in [0.3, 0.4) is 0 Å². The molecular formula is C20H33N. The predicted molar refractivity (Wildman–Crippen MR) is 92.7 cm³/mol. The number of rotatable bonds is 7. The summed E-state index contributed by atoms with van der Waals surface area (Å²) in [6.07, 6.45) is 12.2. The van der Waals surface area contributed by atoms with Gasteiger partial charge in [-0.05, 0) is 49.3 Å². The molecule has 2 rings (SSSR count). The fourth-order valence-electron chi connectivity index (χ4n) is 3.68. The van der Waals surface area contributed by atoms with Gasteiger partial charge in [-0.15, -0.1) is 0 Å². The van der Waals surface area contributed by atoms with E-state index in [1.165, 1.54) is 68.9 Å². The third-order valence-corrected chi connectivity index (χ3v) is 4.86. The molecule has 0 aromatic heterocycles. The summed E-state index contributed by atoms with van der Waals surface area (Å²) in [6, 6.07) is 10.0. The quantitative estimate of drug-likeness (QED) is 0.639. The summed E-state index contributed by atoms with van der Waals surface area (Å²) < 4.78 is 0. The van der Waals surface area contributed by atoms with Crippen molar-refractivity contribution in [3.05, 3.63) is 35.4 Å². The molecule has 1 atom stereocenters. The Kier molecular flexibility index (Phi) is 7.29. The van der Waals surface area contributed by atoms with Crippen molar-refractivity contribution in [2.45, 2.75) is 77.7 Å². The van der Waals surface area contributed by atoms with Gasteiger partial charge in [0.25, 0.3) is 0 Å². The average molecular weight is 287 g/mol. The van der Waals surface area contributed by atoms with Crippen LogP contribution in [0, 0.1) is 5.92 Å². The summed E-state index contributed by atoms with van der Waals surface area (Å²) in [5, 5.41) is 3.83. The van der Waals surface area contributed by atoms with Crippen molar-refractivity contribution in [3.63, 3.8) is 0 Å². The van der Waals surface area contributed by atoms with Crippen LogP contribution in [-0.4, -0.2) is 6.54 Å². The van der Waals surface area contributed by atoms with E-state index in [0.29, 0.717) is 6.04 Å². The first kappa shape index (κ1) is 16.5. The first-order valence-corrected chi connectivity index (χ1v) is 9.17. The topological polar surface area (TPSA) is 12.0 Å². The number of nitrogens with one attached hydrogen (secondary N) is 1. The molecule has 1 aliphatic rings. The van der Waals surface area contributed by atoms with Crippen LogP contribution in [0.25, 0.3) is 0 Å². The van der Waals surface area contributed by atoms with Gasteiger partial charge in [-0.25, -0.2) is 0 Å². The molecule has 0 aliphatic heterocycles. The molecule has 1 N–H and O–H groups in total. The van der Waals surface area contributed by atoms with Gasteiger partial charge in [0, 0.05) is 6.04 Å². The zero-order valence-corrected chi connectivity index (χ0v) is 14.0. The second-order valence-corrected chi connectivity index (χ2v) is 6.68. The van der Waals surface area contributed by atoms with Crippen molar-refractivity contribution < 1.29 is 0 Å². The maximum absolute atomic E-state index is 3.83. The summed E-state index contributed by atoms with van der Waals surface area (Å²) in [5.74, 6) is 0.830. The summed E-state index contributed by atoms with van der Waals surface area (Å²) in [7, 11) is 0. The minimum atomic E-state index is 0.568. The van der Waals surface area contributed by atoms with Gasteiger partial charge in [0.1, 0.15) is 0 Å². The summed E-state index contributed by atoms with van der Waals surface area (Å²) in [4.78, 5) is 0. The third-order valence-electron chi connectivity index (χ3n) is 4.86. The van der Waals surface area contributed by atoms with Crippen molar-refractivity contribution in [3.8, 4) is 0 Å². The zero-order chi connectivity index (χ0) is 14.9. The maximum atomic E-state index is 3.83. The number of hydrogen-bond donors (Lipinski definition) is 1.